The van der Waals surface area contributed by atoms with Gasteiger partial charge >= 0.3 is 0 Å². The van der Waals surface area contributed by atoms with E-state index in [9.17, 15) is 4.79 Å². The van der Waals surface area contributed by atoms with Crippen LogP contribution in [0.15, 0.2) is 66.7 Å². The number of hydrogen-bond acceptors (Lipinski definition) is 4. The molecule has 5 nitrogen and oxygen atoms in total. The van der Waals surface area contributed by atoms with E-state index in [0.29, 0.717) is 24.2 Å². The minimum atomic E-state index is 0.0289. The highest BCUT2D eigenvalue weighted by Gasteiger charge is 2.30. The van der Waals surface area contributed by atoms with Crippen molar-refractivity contribution < 1.29 is 4.79 Å². The summed E-state index contributed by atoms with van der Waals surface area (Å²) in [4.78, 5) is 12.9. The van der Waals surface area contributed by atoms with Gasteiger partial charge in [0.1, 0.15) is 0 Å². The smallest absolute Gasteiger partial charge is 0.185 e. The van der Waals surface area contributed by atoms with Crippen molar-refractivity contribution in [3.05, 3.63) is 89.4 Å². The lowest BCUT2D eigenvalue weighted by Crippen LogP contribution is -2.24. The molecule has 2 heterocycles. The highest BCUT2D eigenvalue weighted by atomic mass is 16.1. The molecule has 4 aromatic rings. The van der Waals surface area contributed by atoms with Crippen LogP contribution in [0, 0.1) is 5.92 Å². The number of aromatic nitrogens is 4. The van der Waals surface area contributed by atoms with E-state index in [1.54, 1.807) is 0 Å². The molecule has 5 rings (SSSR count). The number of hydrogen-bond donors (Lipinski definition) is 0. The molecule has 0 bridgehead atoms. The summed E-state index contributed by atoms with van der Waals surface area (Å²) in [7, 11) is 0. The van der Waals surface area contributed by atoms with Crippen molar-refractivity contribution in [2.45, 2.75) is 32.6 Å². The van der Waals surface area contributed by atoms with Crippen molar-refractivity contribution in [2.75, 3.05) is 0 Å². The monoisotopic (exact) mass is 408 g/mol. The summed E-state index contributed by atoms with van der Waals surface area (Å²) in [6, 6.07) is 20.3. The van der Waals surface area contributed by atoms with Crippen molar-refractivity contribution in [3.8, 4) is 11.1 Å². The Hall–Kier alpha value is -3.60. The number of carbonyl (C=O) groups excluding carboxylic acids is 1. The molecular weight excluding hydrogens is 384 g/mol. The predicted octanol–water partition coefficient (Wildman–Crippen LogP) is 5.37. The van der Waals surface area contributed by atoms with Gasteiger partial charge in [-0.15, -0.1) is 10.2 Å². The molecule has 1 atom stereocenters. The van der Waals surface area contributed by atoms with Gasteiger partial charge in [-0.3, -0.25) is 4.79 Å². The fourth-order valence-corrected chi connectivity index (χ4v) is 4.25. The van der Waals surface area contributed by atoms with Crippen LogP contribution in [0.3, 0.4) is 0 Å². The van der Waals surface area contributed by atoms with Crippen molar-refractivity contribution in [2.24, 2.45) is 5.92 Å². The normalized spacial score (nSPS) is 16.4. The summed E-state index contributed by atoms with van der Waals surface area (Å²) in [5.41, 5.74) is 6.20. The molecule has 0 saturated heterocycles. The minimum Gasteiger partial charge on any atom is -0.292 e. The largest absolute Gasteiger partial charge is 0.292 e. The van der Waals surface area contributed by atoms with Crippen LogP contribution in [0.5, 0.6) is 0 Å². The van der Waals surface area contributed by atoms with E-state index >= 15 is 0 Å². The average Bonchev–Trinajstić information content (AvgIpc) is 3.19. The van der Waals surface area contributed by atoms with Crippen LogP contribution >= 0.6 is 0 Å². The van der Waals surface area contributed by atoms with Gasteiger partial charge in [-0.1, -0.05) is 86.7 Å². The number of rotatable bonds is 4. The van der Waals surface area contributed by atoms with Crippen molar-refractivity contribution in [1.82, 2.24) is 19.8 Å². The number of carbonyl (C=O) groups is 1. The number of Topliss-reactive ketones (excluding diaryl/α,β-unsaturated/α-hetero) is 1. The Bertz CT molecular complexity index is 1270. The minimum absolute atomic E-state index is 0.0289. The van der Waals surface area contributed by atoms with Crippen LogP contribution < -0.4 is 0 Å². The number of allylic oxidation sites excluding steroid dienone is 1. The molecule has 2 aromatic carbocycles. The molecule has 0 aliphatic heterocycles. The topological polar surface area (TPSA) is 60.1 Å². The van der Waals surface area contributed by atoms with Gasteiger partial charge in [-0.2, -0.15) is 5.10 Å². The predicted molar refractivity (Wildman–Crippen MR) is 122 cm³/mol. The van der Waals surface area contributed by atoms with E-state index in [2.05, 4.69) is 60.5 Å². The SMILES string of the molecule is CC(C)c1nn2c3c(nnc2c1-c1ccccc1)C(=O)C[C@@H](/C=C/c1ccccc1)C3. The van der Waals surface area contributed by atoms with Gasteiger partial charge in [0.15, 0.2) is 17.1 Å². The first kappa shape index (κ1) is 19.4. The molecule has 5 heteroatoms. The standard InChI is InChI=1S/C26H24N4O/c1-17(2)24-23(20-11-7-4-8-12-20)26-28-27-25-21(30(26)29-24)15-19(16-22(25)31)14-13-18-9-5-3-6-10-18/h3-14,17,19H,15-16H2,1-2H3/b14-13+/t19-/m0/s1. The Labute approximate surface area is 181 Å². The van der Waals surface area contributed by atoms with Gasteiger partial charge in [-0.25, -0.2) is 4.52 Å². The Balaban J connectivity index is 1.61. The Morgan fingerprint density at radius 3 is 2.39 bits per heavy atom. The molecule has 0 saturated carbocycles. The Morgan fingerprint density at radius 2 is 1.68 bits per heavy atom. The summed E-state index contributed by atoms with van der Waals surface area (Å²) < 4.78 is 1.86. The molecule has 0 unspecified atom stereocenters. The maximum Gasteiger partial charge on any atom is 0.185 e. The number of fused-ring (bicyclic) bond motifs is 3. The Morgan fingerprint density at radius 1 is 0.968 bits per heavy atom. The van der Waals surface area contributed by atoms with Crippen molar-refractivity contribution >= 4 is 17.5 Å². The molecule has 1 aliphatic carbocycles. The molecule has 154 valence electrons. The molecule has 2 aromatic heterocycles. The van der Waals surface area contributed by atoms with Crippen LogP contribution in [-0.2, 0) is 6.42 Å². The van der Waals surface area contributed by atoms with Crippen LogP contribution in [0.2, 0.25) is 0 Å². The van der Waals surface area contributed by atoms with E-state index in [1.165, 1.54) is 0 Å². The number of nitrogens with zero attached hydrogens (tertiary/aromatic N) is 4. The summed E-state index contributed by atoms with van der Waals surface area (Å²) in [5, 5.41) is 13.7. The van der Waals surface area contributed by atoms with Crippen LogP contribution in [0.25, 0.3) is 22.9 Å². The van der Waals surface area contributed by atoms with E-state index in [0.717, 1.165) is 28.1 Å². The highest BCUT2D eigenvalue weighted by Crippen LogP contribution is 2.34. The molecule has 0 fully saturated rings. The van der Waals surface area contributed by atoms with Gasteiger partial charge in [0.25, 0.3) is 0 Å². The quantitative estimate of drug-likeness (QED) is 0.455. The molecular formula is C26H24N4O. The van der Waals surface area contributed by atoms with E-state index < -0.39 is 0 Å². The Kier molecular flexibility index (Phi) is 4.94. The fourth-order valence-electron chi connectivity index (χ4n) is 4.25. The van der Waals surface area contributed by atoms with Gasteiger partial charge in [0.2, 0.25) is 0 Å². The fraction of sp³-hybridized carbons (Fsp3) is 0.231. The third-order valence-corrected chi connectivity index (χ3v) is 5.80. The molecule has 0 amide bonds. The van der Waals surface area contributed by atoms with E-state index in [-0.39, 0.29) is 17.6 Å². The first-order chi connectivity index (χ1) is 15.1. The highest BCUT2D eigenvalue weighted by molar-refractivity contribution is 5.97. The van der Waals surface area contributed by atoms with Crippen molar-refractivity contribution in [1.29, 1.82) is 0 Å². The molecule has 1 aliphatic rings. The summed E-state index contributed by atoms with van der Waals surface area (Å²) >= 11 is 0. The van der Waals surface area contributed by atoms with Crippen LogP contribution in [0.4, 0.5) is 0 Å². The molecule has 0 N–H and O–H groups in total. The second-order valence-electron chi connectivity index (χ2n) is 8.37. The van der Waals surface area contributed by atoms with E-state index in [1.807, 2.05) is 40.9 Å². The zero-order chi connectivity index (χ0) is 21.4. The second-order valence-corrected chi connectivity index (χ2v) is 8.37. The molecule has 0 radical (unpaired) electrons. The van der Waals surface area contributed by atoms with Crippen molar-refractivity contribution in [3.63, 3.8) is 0 Å². The zero-order valence-corrected chi connectivity index (χ0v) is 17.7. The maximum absolute atomic E-state index is 12.9. The summed E-state index contributed by atoms with van der Waals surface area (Å²) in [5.74, 6) is 0.362. The maximum atomic E-state index is 12.9. The van der Waals surface area contributed by atoms with Gasteiger partial charge < -0.3 is 0 Å². The summed E-state index contributed by atoms with van der Waals surface area (Å²) in [6.45, 7) is 4.26. The third-order valence-electron chi connectivity index (χ3n) is 5.80. The van der Waals surface area contributed by atoms with Gasteiger partial charge in [0.05, 0.1) is 17.0 Å². The molecule has 31 heavy (non-hydrogen) atoms. The number of ketones is 1. The number of benzene rings is 2. The lowest BCUT2D eigenvalue weighted by molar-refractivity contribution is 0.0950. The van der Waals surface area contributed by atoms with Gasteiger partial charge in [-0.05, 0) is 29.4 Å². The van der Waals surface area contributed by atoms with E-state index in [4.69, 9.17) is 5.10 Å². The zero-order valence-electron chi connectivity index (χ0n) is 17.7. The first-order valence-electron chi connectivity index (χ1n) is 10.7. The first-order valence-corrected chi connectivity index (χ1v) is 10.7. The third kappa shape index (κ3) is 3.56. The van der Waals surface area contributed by atoms with Crippen LogP contribution in [-0.4, -0.2) is 25.6 Å². The second kappa shape index (κ2) is 7.91. The molecule has 0 spiro atoms. The lowest BCUT2D eigenvalue weighted by atomic mass is 9.88. The average molecular weight is 409 g/mol. The van der Waals surface area contributed by atoms with Crippen LogP contribution in [0.1, 0.15) is 53.6 Å². The van der Waals surface area contributed by atoms with Gasteiger partial charge in [0, 0.05) is 6.42 Å². The summed E-state index contributed by atoms with van der Waals surface area (Å²) in [6.07, 6.45) is 5.38. The lowest BCUT2D eigenvalue weighted by Gasteiger charge is -2.20.